The second kappa shape index (κ2) is 20.1. The van der Waals surface area contributed by atoms with Crippen molar-refractivity contribution in [1.29, 1.82) is 0 Å². The average Bonchev–Trinajstić information content (AvgIpc) is 3.71. The minimum absolute atomic E-state index is 0.0183. The molecule has 4 aromatic carbocycles. The van der Waals surface area contributed by atoms with Crippen LogP contribution in [0.4, 0.5) is 36.6 Å². The van der Waals surface area contributed by atoms with E-state index in [9.17, 15) is 29.0 Å². The third kappa shape index (κ3) is 10.1. The zero-order valence-corrected chi connectivity index (χ0v) is 38.6. The van der Waals surface area contributed by atoms with Gasteiger partial charge in [0.25, 0.3) is 5.91 Å². The summed E-state index contributed by atoms with van der Waals surface area (Å²) in [7, 11) is 0. The van der Waals surface area contributed by atoms with Crippen LogP contribution in [0.2, 0.25) is 5.02 Å². The number of halogens is 3. The number of piperazine rings is 1. The highest BCUT2D eigenvalue weighted by Gasteiger charge is 2.31. The Labute approximate surface area is 402 Å². The summed E-state index contributed by atoms with van der Waals surface area (Å²) < 4.78 is 30.2. The van der Waals surface area contributed by atoms with Crippen LogP contribution in [0.5, 0.6) is 11.5 Å². The summed E-state index contributed by atoms with van der Waals surface area (Å²) in [6, 6.07) is 23.6. The Morgan fingerprint density at radius 1 is 0.783 bits per heavy atom. The van der Waals surface area contributed by atoms with Gasteiger partial charge in [-0.3, -0.25) is 14.5 Å². The number of para-hydroxylation sites is 1. The number of phenols is 2. The van der Waals surface area contributed by atoms with Crippen molar-refractivity contribution in [3.63, 3.8) is 0 Å². The van der Waals surface area contributed by atoms with Gasteiger partial charge in [-0.05, 0) is 95.8 Å². The van der Waals surface area contributed by atoms with Crippen LogP contribution >= 0.6 is 11.6 Å². The summed E-state index contributed by atoms with van der Waals surface area (Å²) in [6.45, 7) is 6.46. The fraction of sp³-hybridized carbons (Fsp3) is 0.275. The molecule has 6 aromatic rings. The van der Waals surface area contributed by atoms with E-state index < -0.39 is 23.4 Å². The Balaban J connectivity index is 0.882. The maximum Gasteiger partial charge on any atom is 0.324 e. The quantitative estimate of drug-likeness (QED) is 0.0714. The van der Waals surface area contributed by atoms with Gasteiger partial charge in [-0.2, -0.15) is 0 Å². The first kappa shape index (κ1) is 46.8. The number of hydrogen-bond acceptors (Lipinski definition) is 11. The number of piperidine rings is 1. The van der Waals surface area contributed by atoms with Gasteiger partial charge in [0.05, 0.1) is 16.4 Å². The van der Waals surface area contributed by atoms with E-state index in [4.69, 9.17) is 22.3 Å². The highest BCUT2D eigenvalue weighted by Crippen LogP contribution is 2.43. The molecule has 4 amide bonds. The van der Waals surface area contributed by atoms with E-state index in [1.807, 2.05) is 11.0 Å². The fourth-order valence-corrected chi connectivity index (χ4v) is 9.34. The van der Waals surface area contributed by atoms with Crippen molar-refractivity contribution in [2.75, 3.05) is 85.5 Å². The molecular formula is C51H51ClF2N10O5. The van der Waals surface area contributed by atoms with Crippen molar-refractivity contribution in [3.05, 3.63) is 120 Å². The number of carbonyl (C=O) groups is 3. The fourth-order valence-electron chi connectivity index (χ4n) is 9.06. The first-order valence-corrected chi connectivity index (χ1v) is 23.2. The van der Waals surface area contributed by atoms with Crippen LogP contribution in [-0.2, 0) is 4.79 Å². The molecule has 2 aromatic heterocycles. The number of phenolic OH excluding ortho intramolecular Hbond substituents is 2. The Kier molecular flexibility index (Phi) is 13.6. The van der Waals surface area contributed by atoms with E-state index in [0.29, 0.717) is 89.7 Å². The molecule has 356 valence electrons. The van der Waals surface area contributed by atoms with Gasteiger partial charge in [0.2, 0.25) is 5.91 Å². The van der Waals surface area contributed by atoms with Crippen LogP contribution in [0.25, 0.3) is 44.5 Å². The molecule has 5 heterocycles. The molecule has 3 aliphatic heterocycles. The number of hydrogen-bond donors (Lipinski definition) is 6. The van der Waals surface area contributed by atoms with Gasteiger partial charge < -0.3 is 46.6 Å². The largest absolute Gasteiger partial charge is 0.507 e. The molecule has 0 aliphatic carbocycles. The summed E-state index contributed by atoms with van der Waals surface area (Å²) in [5, 5.41) is 32.0. The SMILES string of the molecule is CC(=O)Nc1ccc(-c2cccc(-c3cc(C(=O)NCCN4CCN(c5ccc(-c6cc(F)cc(-c7ccnc(N8CCC(N)CC8)c7)c6O)cc5Cl)C4=O)nc(N4CCNCC4)c3)c2O)cc1F. The Hall–Kier alpha value is -7.34. The number of anilines is 4. The molecule has 7 N–H and O–H groups in total. The summed E-state index contributed by atoms with van der Waals surface area (Å²) in [4.78, 5) is 55.7. The summed E-state index contributed by atoms with van der Waals surface area (Å²) in [6.07, 6.45) is 3.32. The van der Waals surface area contributed by atoms with Crippen LogP contribution < -0.4 is 36.4 Å². The van der Waals surface area contributed by atoms with E-state index >= 15 is 4.39 Å². The number of urea groups is 1. The summed E-state index contributed by atoms with van der Waals surface area (Å²) in [5.41, 5.74) is 9.90. The number of nitrogens with one attached hydrogen (secondary N) is 3. The molecule has 9 rings (SSSR count). The van der Waals surface area contributed by atoms with Gasteiger partial charge in [0.15, 0.2) is 0 Å². The molecule has 0 bridgehead atoms. The zero-order chi connectivity index (χ0) is 48.3. The van der Waals surface area contributed by atoms with Crippen LogP contribution in [0.15, 0.2) is 97.2 Å². The average molecular weight is 957 g/mol. The van der Waals surface area contributed by atoms with Gasteiger partial charge in [-0.15, -0.1) is 0 Å². The highest BCUT2D eigenvalue weighted by molar-refractivity contribution is 6.34. The molecule has 0 radical (unpaired) electrons. The lowest BCUT2D eigenvalue weighted by atomic mass is 9.96. The number of nitrogens with two attached hydrogens (primary N) is 1. The molecule has 0 unspecified atom stereocenters. The zero-order valence-electron chi connectivity index (χ0n) is 37.8. The number of aromatic nitrogens is 2. The molecule has 15 nitrogen and oxygen atoms in total. The number of aromatic hydroxyl groups is 2. The molecule has 0 spiro atoms. The van der Waals surface area contributed by atoms with Crippen molar-refractivity contribution < 1.29 is 33.4 Å². The standard InChI is InChI=1S/C51H51ClF2N10O5/c1-30(65)59-43-7-5-32(24-42(43)54)37-3-2-4-38(48(37)66)34-25-44(60-47(27-34)62-18-13-56-14-19-62)50(68)58-15-20-63-21-22-64(51(63)69)45-8-6-31(23-41(45)52)39-28-35(53)29-40(49(39)67)33-9-12-57-46(26-33)61-16-10-36(55)11-17-61/h2-9,12,23-29,36,56,66-67H,10-11,13-22,55H2,1H3,(H,58,68)(H,59,65). The number of pyridine rings is 2. The normalized spacial score (nSPS) is 15.5. The van der Waals surface area contributed by atoms with Crippen molar-refractivity contribution in [1.82, 2.24) is 25.5 Å². The smallest absolute Gasteiger partial charge is 0.324 e. The van der Waals surface area contributed by atoms with Gasteiger partial charge >= 0.3 is 6.03 Å². The van der Waals surface area contributed by atoms with Gasteiger partial charge in [0, 0.05) is 107 Å². The first-order chi connectivity index (χ1) is 33.3. The predicted octanol–water partition coefficient (Wildman–Crippen LogP) is 7.45. The van der Waals surface area contributed by atoms with Gasteiger partial charge in [0.1, 0.15) is 40.5 Å². The van der Waals surface area contributed by atoms with Crippen molar-refractivity contribution in [2.45, 2.75) is 25.8 Å². The van der Waals surface area contributed by atoms with E-state index in [0.717, 1.165) is 31.7 Å². The van der Waals surface area contributed by atoms with Crippen LogP contribution in [0.1, 0.15) is 30.3 Å². The number of carbonyl (C=O) groups excluding carboxylic acids is 3. The van der Waals surface area contributed by atoms with Crippen molar-refractivity contribution in [2.24, 2.45) is 5.73 Å². The van der Waals surface area contributed by atoms with E-state index in [1.165, 1.54) is 36.1 Å². The lowest BCUT2D eigenvalue weighted by molar-refractivity contribution is -0.114. The molecule has 3 aliphatic rings. The Bertz CT molecular complexity index is 2950. The van der Waals surface area contributed by atoms with Gasteiger partial charge in [-0.1, -0.05) is 41.9 Å². The van der Waals surface area contributed by atoms with Crippen molar-refractivity contribution in [3.8, 4) is 56.0 Å². The summed E-state index contributed by atoms with van der Waals surface area (Å²) in [5.74, 6) is -1.10. The monoisotopic (exact) mass is 956 g/mol. The van der Waals surface area contributed by atoms with Crippen LogP contribution in [0.3, 0.4) is 0 Å². The Morgan fingerprint density at radius 2 is 1.43 bits per heavy atom. The summed E-state index contributed by atoms with van der Waals surface area (Å²) >= 11 is 6.83. The Morgan fingerprint density at radius 3 is 2.14 bits per heavy atom. The lowest BCUT2D eigenvalue weighted by Gasteiger charge is -2.31. The number of rotatable bonds is 12. The minimum atomic E-state index is -0.660. The third-order valence-corrected chi connectivity index (χ3v) is 13.0. The first-order valence-electron chi connectivity index (χ1n) is 22.8. The second-order valence-corrected chi connectivity index (χ2v) is 17.7. The predicted molar refractivity (Wildman–Crippen MR) is 264 cm³/mol. The number of amides is 4. The van der Waals surface area contributed by atoms with Crippen molar-refractivity contribution >= 4 is 52.5 Å². The highest BCUT2D eigenvalue weighted by atomic mass is 35.5. The molecule has 3 fully saturated rings. The van der Waals surface area contributed by atoms with E-state index in [-0.39, 0.29) is 58.6 Å². The van der Waals surface area contributed by atoms with Crippen LogP contribution in [-0.4, -0.2) is 114 Å². The maximum atomic E-state index is 15.3. The van der Waals surface area contributed by atoms with E-state index in [2.05, 4.69) is 25.8 Å². The number of benzene rings is 4. The molecule has 0 atom stereocenters. The lowest BCUT2D eigenvalue weighted by Crippen LogP contribution is -2.44. The third-order valence-electron chi connectivity index (χ3n) is 12.7. The van der Waals surface area contributed by atoms with Gasteiger partial charge in [-0.25, -0.2) is 23.5 Å². The molecule has 18 heteroatoms. The second-order valence-electron chi connectivity index (χ2n) is 17.3. The topological polar surface area (TPSA) is 193 Å². The molecule has 3 saturated heterocycles. The maximum absolute atomic E-state index is 15.3. The van der Waals surface area contributed by atoms with Crippen LogP contribution in [0, 0.1) is 11.6 Å². The molecule has 69 heavy (non-hydrogen) atoms. The number of nitrogens with zero attached hydrogens (tertiary/aromatic N) is 6. The van der Waals surface area contributed by atoms with E-state index in [1.54, 1.807) is 71.8 Å². The minimum Gasteiger partial charge on any atom is -0.507 e. The molecular weight excluding hydrogens is 906 g/mol. The molecule has 0 saturated carbocycles.